The summed E-state index contributed by atoms with van der Waals surface area (Å²) in [6.07, 6.45) is 0. The van der Waals surface area contributed by atoms with E-state index in [2.05, 4.69) is 5.32 Å². The summed E-state index contributed by atoms with van der Waals surface area (Å²) in [5.74, 6) is 0.720. The lowest BCUT2D eigenvalue weighted by Crippen LogP contribution is -2.30. The van der Waals surface area contributed by atoms with Crippen LogP contribution in [-0.4, -0.2) is 10.5 Å². The average molecular weight is 348 g/mol. The average Bonchev–Trinajstić information content (AvgIpc) is 2.62. The first-order valence-electron chi connectivity index (χ1n) is 8.28. The second-order valence-electron chi connectivity index (χ2n) is 6.07. The van der Waals surface area contributed by atoms with Gasteiger partial charge in [0.05, 0.1) is 5.69 Å². The van der Waals surface area contributed by atoms with Crippen molar-refractivity contribution in [3.05, 3.63) is 87.8 Å². The van der Waals surface area contributed by atoms with Crippen LogP contribution in [0.1, 0.15) is 21.6 Å². The highest BCUT2D eigenvalue weighted by atomic mass is 16.5. The molecule has 0 spiro atoms. The van der Waals surface area contributed by atoms with Crippen molar-refractivity contribution < 1.29 is 9.53 Å². The highest BCUT2D eigenvalue weighted by Gasteiger charge is 2.18. The Bertz CT molecular complexity index is 1010. The minimum absolute atomic E-state index is 0.132. The Kier molecular flexibility index (Phi) is 4.89. The van der Waals surface area contributed by atoms with Gasteiger partial charge in [-0.15, -0.1) is 0 Å². The summed E-state index contributed by atoms with van der Waals surface area (Å²) in [5, 5.41) is 2.80. The second-order valence-corrected chi connectivity index (χ2v) is 6.07. The smallest absolute Gasteiger partial charge is 0.263 e. The van der Waals surface area contributed by atoms with E-state index in [1.165, 1.54) is 4.57 Å². The van der Waals surface area contributed by atoms with Crippen molar-refractivity contribution in [2.45, 2.75) is 13.8 Å². The lowest BCUT2D eigenvalue weighted by atomic mass is 10.1. The van der Waals surface area contributed by atoms with E-state index in [0.717, 1.165) is 5.69 Å². The predicted octanol–water partition coefficient (Wildman–Crippen LogP) is 4.05. The Labute approximate surface area is 151 Å². The van der Waals surface area contributed by atoms with Crippen molar-refractivity contribution in [3.63, 3.8) is 0 Å². The number of ether oxygens (including phenoxy) is 1. The Hall–Kier alpha value is -3.34. The first-order valence-corrected chi connectivity index (χ1v) is 8.28. The third-order valence-electron chi connectivity index (χ3n) is 4.20. The highest BCUT2D eigenvalue weighted by Crippen LogP contribution is 2.29. The minimum Gasteiger partial charge on any atom is -0.455 e. The summed E-state index contributed by atoms with van der Waals surface area (Å²) in [4.78, 5) is 25.2. The van der Waals surface area contributed by atoms with Gasteiger partial charge in [-0.2, -0.15) is 0 Å². The van der Waals surface area contributed by atoms with E-state index in [0.29, 0.717) is 22.7 Å². The summed E-state index contributed by atoms with van der Waals surface area (Å²) in [7, 11) is 1.65. The van der Waals surface area contributed by atoms with E-state index in [-0.39, 0.29) is 11.1 Å². The topological polar surface area (TPSA) is 60.3 Å². The third kappa shape index (κ3) is 3.52. The fourth-order valence-electron chi connectivity index (χ4n) is 2.71. The van der Waals surface area contributed by atoms with E-state index in [1.807, 2.05) is 49.4 Å². The van der Waals surface area contributed by atoms with Crippen LogP contribution in [0.15, 0.2) is 65.5 Å². The lowest BCUT2D eigenvalue weighted by Gasteiger charge is -2.14. The molecule has 0 aliphatic carbocycles. The number of nitrogens with one attached hydrogen (secondary N) is 1. The maximum absolute atomic E-state index is 12.7. The van der Waals surface area contributed by atoms with Crippen LogP contribution < -0.4 is 15.6 Å². The number of aromatic nitrogens is 1. The van der Waals surface area contributed by atoms with Crippen LogP contribution in [0.4, 0.5) is 5.69 Å². The fraction of sp³-hybridized carbons (Fsp3) is 0.143. The number of nitrogens with zero attached hydrogens (tertiary/aromatic N) is 1. The molecule has 5 heteroatoms. The van der Waals surface area contributed by atoms with Gasteiger partial charge in [-0.25, -0.2) is 0 Å². The molecule has 0 saturated carbocycles. The normalized spacial score (nSPS) is 10.4. The zero-order chi connectivity index (χ0) is 18.7. The summed E-state index contributed by atoms with van der Waals surface area (Å²) in [6, 6.07) is 18.3. The van der Waals surface area contributed by atoms with Crippen molar-refractivity contribution in [1.29, 1.82) is 0 Å². The largest absolute Gasteiger partial charge is 0.455 e. The zero-order valence-corrected chi connectivity index (χ0v) is 14.9. The number of amides is 1. The molecule has 1 amide bonds. The van der Waals surface area contributed by atoms with Crippen LogP contribution in [0.25, 0.3) is 0 Å². The number of hydrogen-bond acceptors (Lipinski definition) is 3. The molecule has 132 valence electrons. The molecule has 0 bridgehead atoms. The van der Waals surface area contributed by atoms with Crippen LogP contribution in [-0.2, 0) is 7.05 Å². The third-order valence-corrected chi connectivity index (χ3v) is 4.20. The summed E-state index contributed by atoms with van der Waals surface area (Å²) < 4.78 is 7.32. The van der Waals surface area contributed by atoms with Gasteiger partial charge in [-0.3, -0.25) is 9.59 Å². The molecule has 0 saturated heterocycles. The molecule has 1 N–H and O–H groups in total. The second kappa shape index (κ2) is 7.27. The van der Waals surface area contributed by atoms with E-state index in [4.69, 9.17) is 4.74 Å². The van der Waals surface area contributed by atoms with Crippen LogP contribution in [0.2, 0.25) is 0 Å². The van der Waals surface area contributed by atoms with Crippen molar-refractivity contribution in [2.24, 2.45) is 7.05 Å². The van der Waals surface area contributed by atoms with Gasteiger partial charge >= 0.3 is 0 Å². The molecule has 3 rings (SSSR count). The lowest BCUT2D eigenvalue weighted by molar-refractivity contribution is 0.102. The maximum Gasteiger partial charge on any atom is 0.263 e. The molecule has 5 nitrogen and oxygen atoms in total. The molecule has 0 atom stereocenters. The van der Waals surface area contributed by atoms with Gasteiger partial charge in [0.1, 0.15) is 11.3 Å². The molecular weight excluding hydrogens is 328 g/mol. The Morgan fingerprint density at radius 3 is 2.38 bits per heavy atom. The van der Waals surface area contributed by atoms with E-state index >= 15 is 0 Å². The highest BCUT2D eigenvalue weighted by molar-refractivity contribution is 6.05. The zero-order valence-electron chi connectivity index (χ0n) is 14.9. The van der Waals surface area contributed by atoms with Crippen LogP contribution >= 0.6 is 0 Å². The quantitative estimate of drug-likeness (QED) is 0.774. The van der Waals surface area contributed by atoms with Gasteiger partial charge in [-0.05, 0) is 49.7 Å². The molecular formula is C21H20N2O3. The van der Waals surface area contributed by atoms with Gasteiger partial charge in [0.25, 0.3) is 11.5 Å². The van der Waals surface area contributed by atoms with E-state index in [9.17, 15) is 9.59 Å². The number of carbonyl (C=O) groups excluding carboxylic acids is 1. The first-order chi connectivity index (χ1) is 12.5. The molecule has 3 aromatic rings. The van der Waals surface area contributed by atoms with E-state index in [1.54, 1.807) is 32.2 Å². The molecule has 0 unspecified atom stereocenters. The van der Waals surface area contributed by atoms with Gasteiger partial charge in [0.2, 0.25) is 0 Å². The minimum atomic E-state index is -0.452. The molecule has 0 aliphatic heterocycles. The van der Waals surface area contributed by atoms with Gasteiger partial charge in [0, 0.05) is 12.7 Å². The number of anilines is 1. The van der Waals surface area contributed by atoms with Crippen molar-refractivity contribution in [2.75, 3.05) is 5.32 Å². The monoisotopic (exact) mass is 348 g/mol. The summed E-state index contributed by atoms with van der Waals surface area (Å²) in [6.45, 7) is 3.59. The Morgan fingerprint density at radius 1 is 1.00 bits per heavy atom. The molecule has 2 aromatic carbocycles. The van der Waals surface area contributed by atoms with Crippen LogP contribution in [0.3, 0.4) is 0 Å². The van der Waals surface area contributed by atoms with Gasteiger partial charge in [-0.1, -0.05) is 30.3 Å². The Morgan fingerprint density at radius 2 is 1.65 bits per heavy atom. The van der Waals surface area contributed by atoms with E-state index < -0.39 is 5.91 Å². The standard InChI is InChI=1S/C21H20N2O3/c1-14-13-15(2)23(3)21(25)19(14)20(24)22-17-11-7-8-12-18(17)26-16-9-5-4-6-10-16/h4-13H,1-3H3,(H,22,24). The van der Waals surface area contributed by atoms with Crippen molar-refractivity contribution in [3.8, 4) is 11.5 Å². The molecule has 1 aromatic heterocycles. The van der Waals surface area contributed by atoms with Crippen LogP contribution in [0, 0.1) is 13.8 Å². The molecule has 0 aliphatic rings. The maximum atomic E-state index is 12.7. The number of para-hydroxylation sites is 3. The summed E-state index contributed by atoms with van der Waals surface area (Å²) >= 11 is 0. The number of rotatable bonds is 4. The summed E-state index contributed by atoms with van der Waals surface area (Å²) in [5.41, 5.74) is 1.76. The van der Waals surface area contributed by atoms with Crippen molar-refractivity contribution in [1.82, 2.24) is 4.57 Å². The van der Waals surface area contributed by atoms with Crippen molar-refractivity contribution >= 4 is 11.6 Å². The van der Waals surface area contributed by atoms with Gasteiger partial charge < -0.3 is 14.6 Å². The number of hydrogen-bond donors (Lipinski definition) is 1. The Balaban J connectivity index is 1.92. The number of pyridine rings is 1. The SMILES string of the molecule is Cc1cc(C)n(C)c(=O)c1C(=O)Nc1ccccc1Oc1ccccc1. The first kappa shape index (κ1) is 17.5. The van der Waals surface area contributed by atoms with Crippen LogP contribution in [0.5, 0.6) is 11.5 Å². The number of aryl methyl sites for hydroxylation is 2. The number of carbonyl (C=O) groups is 1. The predicted molar refractivity (Wildman–Crippen MR) is 102 cm³/mol. The van der Waals surface area contributed by atoms with Gasteiger partial charge in [0.15, 0.2) is 5.75 Å². The fourth-order valence-corrected chi connectivity index (χ4v) is 2.71. The molecule has 1 heterocycles. The molecule has 0 fully saturated rings. The molecule has 26 heavy (non-hydrogen) atoms. The molecule has 0 radical (unpaired) electrons. The number of benzene rings is 2.